The van der Waals surface area contributed by atoms with Gasteiger partial charge in [-0.3, -0.25) is 4.79 Å². The Hall–Kier alpha value is -0.353. The van der Waals surface area contributed by atoms with E-state index >= 15 is 0 Å². The highest BCUT2D eigenvalue weighted by Gasteiger charge is 2.36. The predicted molar refractivity (Wildman–Crippen MR) is 134 cm³/mol. The number of esters is 1. The maximum Gasteiger partial charge on any atom is 0.305 e. The molecule has 180 valence electrons. The lowest BCUT2D eigenvalue weighted by atomic mass is 10.0. The van der Waals surface area contributed by atoms with Gasteiger partial charge in [-0.05, 0) is 24.6 Å². The molecule has 0 atom stereocenters. The second kappa shape index (κ2) is 18.2. The highest BCUT2D eigenvalue weighted by molar-refractivity contribution is 6.74. The zero-order valence-corrected chi connectivity index (χ0v) is 22.5. The summed E-state index contributed by atoms with van der Waals surface area (Å²) in [4.78, 5) is 11.8. The number of unbranched alkanes of at least 4 members (excludes halogenated alkanes) is 14. The Balaban J connectivity index is 3.34. The average molecular weight is 443 g/mol. The Morgan fingerprint density at radius 2 is 1.07 bits per heavy atom. The molecule has 0 bridgehead atoms. The molecule has 0 fully saturated rings. The molecule has 0 aliphatic rings. The third-order valence-corrected chi connectivity index (χ3v) is 11.1. The fourth-order valence-corrected chi connectivity index (χ4v) is 4.41. The Labute approximate surface area is 190 Å². The van der Waals surface area contributed by atoms with Gasteiger partial charge >= 0.3 is 5.97 Å². The Bertz CT molecular complexity index is 402. The van der Waals surface area contributed by atoms with E-state index in [1.807, 2.05) is 0 Å². The lowest BCUT2D eigenvalue weighted by Gasteiger charge is -2.36. The van der Waals surface area contributed by atoms with Gasteiger partial charge in [-0.25, -0.2) is 0 Å². The smallest absolute Gasteiger partial charge is 0.305 e. The van der Waals surface area contributed by atoms with Crippen LogP contribution in [0.1, 0.15) is 130 Å². The van der Waals surface area contributed by atoms with Crippen molar-refractivity contribution in [1.29, 1.82) is 0 Å². The molecule has 0 rings (SSSR count). The largest absolute Gasteiger partial charge is 0.463 e. The van der Waals surface area contributed by atoms with Gasteiger partial charge in [-0.2, -0.15) is 0 Å². The van der Waals surface area contributed by atoms with Crippen LogP contribution in [0.25, 0.3) is 0 Å². The van der Waals surface area contributed by atoms with Crippen molar-refractivity contribution in [2.75, 3.05) is 13.2 Å². The minimum Gasteiger partial charge on any atom is -0.463 e. The van der Waals surface area contributed by atoms with Crippen LogP contribution in [0.3, 0.4) is 0 Å². The van der Waals surface area contributed by atoms with Gasteiger partial charge in [-0.15, -0.1) is 0 Å². The van der Waals surface area contributed by atoms with Gasteiger partial charge in [-0.1, -0.05) is 118 Å². The summed E-state index contributed by atoms with van der Waals surface area (Å²) in [5, 5.41) is 0.199. The highest BCUT2D eigenvalue weighted by Crippen LogP contribution is 2.36. The van der Waals surface area contributed by atoms with Gasteiger partial charge in [0.25, 0.3) is 0 Å². The summed E-state index contributed by atoms with van der Waals surface area (Å²) in [6.07, 6.45) is 20.7. The summed E-state index contributed by atoms with van der Waals surface area (Å²) in [6, 6.07) is 0. The molecule has 0 aromatic carbocycles. The van der Waals surface area contributed by atoms with Gasteiger partial charge in [0, 0.05) is 6.42 Å². The standard InChI is InChI=1S/C26H54O3Si/c1-7-8-9-10-11-12-13-14-15-16-17-18-19-20-21-22-25(27)28-23-24-29-30(5,6)26(2,3)4/h7-24H2,1-6H3. The van der Waals surface area contributed by atoms with Crippen molar-refractivity contribution in [3.05, 3.63) is 0 Å². The van der Waals surface area contributed by atoms with E-state index in [9.17, 15) is 4.79 Å². The van der Waals surface area contributed by atoms with E-state index in [2.05, 4.69) is 40.8 Å². The molecular weight excluding hydrogens is 388 g/mol. The molecule has 0 saturated carbocycles. The monoisotopic (exact) mass is 442 g/mol. The average Bonchev–Trinajstić information content (AvgIpc) is 2.67. The zero-order valence-electron chi connectivity index (χ0n) is 21.5. The molecule has 0 heterocycles. The number of hydrogen-bond donors (Lipinski definition) is 0. The van der Waals surface area contributed by atoms with Crippen LogP contribution in [0.2, 0.25) is 18.1 Å². The number of rotatable bonds is 20. The van der Waals surface area contributed by atoms with E-state index in [0.717, 1.165) is 12.8 Å². The van der Waals surface area contributed by atoms with Crippen molar-refractivity contribution in [2.24, 2.45) is 0 Å². The fraction of sp³-hybridized carbons (Fsp3) is 0.962. The number of carbonyl (C=O) groups excluding carboxylic acids is 1. The quantitative estimate of drug-likeness (QED) is 0.107. The van der Waals surface area contributed by atoms with E-state index in [-0.39, 0.29) is 11.0 Å². The molecule has 0 aliphatic heterocycles. The van der Waals surface area contributed by atoms with Gasteiger partial charge in [0.2, 0.25) is 0 Å². The topological polar surface area (TPSA) is 35.5 Å². The summed E-state index contributed by atoms with van der Waals surface area (Å²) < 4.78 is 11.4. The van der Waals surface area contributed by atoms with Crippen molar-refractivity contribution in [1.82, 2.24) is 0 Å². The van der Waals surface area contributed by atoms with Gasteiger partial charge < -0.3 is 9.16 Å². The normalized spacial score (nSPS) is 12.3. The molecule has 30 heavy (non-hydrogen) atoms. The molecule has 0 unspecified atom stereocenters. The maximum atomic E-state index is 11.8. The van der Waals surface area contributed by atoms with Crippen LogP contribution in [-0.4, -0.2) is 27.5 Å². The van der Waals surface area contributed by atoms with E-state index in [1.54, 1.807) is 0 Å². The number of hydrogen-bond acceptors (Lipinski definition) is 3. The predicted octanol–water partition coefficient (Wildman–Crippen LogP) is 8.81. The summed E-state index contributed by atoms with van der Waals surface area (Å²) in [7, 11) is -1.73. The maximum absolute atomic E-state index is 11.8. The molecule has 0 amide bonds. The zero-order chi connectivity index (χ0) is 22.7. The molecule has 0 aromatic rings. The first-order chi connectivity index (χ1) is 14.2. The van der Waals surface area contributed by atoms with Crippen molar-refractivity contribution >= 4 is 14.3 Å². The SMILES string of the molecule is CCCCCCCCCCCCCCCCCC(=O)OCCO[Si](C)(C)C(C)(C)C. The van der Waals surface area contributed by atoms with Gasteiger partial charge in [0.05, 0.1) is 6.61 Å². The van der Waals surface area contributed by atoms with Crippen molar-refractivity contribution in [3.8, 4) is 0 Å². The molecule has 0 saturated heterocycles. The van der Waals surface area contributed by atoms with E-state index in [4.69, 9.17) is 9.16 Å². The molecule has 3 nitrogen and oxygen atoms in total. The highest BCUT2D eigenvalue weighted by atomic mass is 28.4. The van der Waals surface area contributed by atoms with Crippen LogP contribution in [-0.2, 0) is 14.0 Å². The molecule has 0 N–H and O–H groups in total. The lowest BCUT2D eigenvalue weighted by Crippen LogP contribution is -2.41. The van der Waals surface area contributed by atoms with Gasteiger partial charge in [0.1, 0.15) is 6.61 Å². The molecule has 0 aliphatic carbocycles. The lowest BCUT2D eigenvalue weighted by molar-refractivity contribution is -0.144. The summed E-state index contributed by atoms with van der Waals surface area (Å²) in [6.45, 7) is 14.3. The first-order valence-electron chi connectivity index (χ1n) is 13.0. The minimum absolute atomic E-state index is 0.0662. The Kier molecular flexibility index (Phi) is 18.0. The second-order valence-corrected chi connectivity index (χ2v) is 15.3. The molecular formula is C26H54O3Si. The van der Waals surface area contributed by atoms with Crippen molar-refractivity contribution in [2.45, 2.75) is 149 Å². The molecule has 0 aromatic heterocycles. The molecule has 0 spiro atoms. The van der Waals surface area contributed by atoms with E-state index < -0.39 is 8.32 Å². The van der Waals surface area contributed by atoms with Gasteiger partial charge in [0.15, 0.2) is 8.32 Å². The van der Waals surface area contributed by atoms with Crippen LogP contribution >= 0.6 is 0 Å². The van der Waals surface area contributed by atoms with Crippen molar-refractivity contribution < 1.29 is 14.0 Å². The van der Waals surface area contributed by atoms with Crippen LogP contribution in [0.4, 0.5) is 0 Å². The summed E-state index contributed by atoms with van der Waals surface area (Å²) in [5.74, 6) is -0.0662. The Morgan fingerprint density at radius 3 is 1.47 bits per heavy atom. The summed E-state index contributed by atoms with van der Waals surface area (Å²) >= 11 is 0. The van der Waals surface area contributed by atoms with Crippen LogP contribution in [0, 0.1) is 0 Å². The van der Waals surface area contributed by atoms with Crippen LogP contribution < -0.4 is 0 Å². The summed E-state index contributed by atoms with van der Waals surface area (Å²) in [5.41, 5.74) is 0. The van der Waals surface area contributed by atoms with Crippen molar-refractivity contribution in [3.63, 3.8) is 0 Å². The third kappa shape index (κ3) is 17.3. The third-order valence-electron chi connectivity index (χ3n) is 6.60. The van der Waals surface area contributed by atoms with E-state index in [0.29, 0.717) is 19.6 Å². The second-order valence-electron chi connectivity index (χ2n) is 10.5. The van der Waals surface area contributed by atoms with Crippen LogP contribution in [0.5, 0.6) is 0 Å². The fourth-order valence-electron chi connectivity index (χ4n) is 3.38. The molecule has 0 radical (unpaired) electrons. The molecule has 4 heteroatoms. The van der Waals surface area contributed by atoms with Crippen LogP contribution in [0.15, 0.2) is 0 Å². The minimum atomic E-state index is -1.73. The Morgan fingerprint density at radius 1 is 0.667 bits per heavy atom. The first-order valence-corrected chi connectivity index (χ1v) is 15.9. The van der Waals surface area contributed by atoms with E-state index in [1.165, 1.54) is 83.5 Å². The number of ether oxygens (including phenoxy) is 1. The first kappa shape index (κ1) is 29.6. The number of carbonyl (C=O) groups is 1.